The van der Waals surface area contributed by atoms with E-state index >= 15 is 0 Å². The molecule has 0 fully saturated rings. The van der Waals surface area contributed by atoms with E-state index in [2.05, 4.69) is 74.8 Å². The Morgan fingerprint density at radius 2 is 1.69 bits per heavy atom. The number of thiophene rings is 1. The SMILES string of the molecule is CCCCCCCCOc1ccc(OC)c(-c2nnc3c(=Cc4ccc(N(CC)CCCC)s4)c(C(C)(C)C)nn23)c1. The van der Waals surface area contributed by atoms with Gasteiger partial charge >= 0.3 is 0 Å². The van der Waals surface area contributed by atoms with Crippen molar-refractivity contribution in [1.29, 1.82) is 0 Å². The fourth-order valence-corrected chi connectivity index (χ4v) is 6.23. The number of hydrogen-bond acceptors (Lipinski definition) is 7. The molecule has 228 valence electrons. The Morgan fingerprint density at radius 3 is 2.40 bits per heavy atom. The van der Waals surface area contributed by atoms with E-state index in [0.29, 0.717) is 12.4 Å². The van der Waals surface area contributed by atoms with Gasteiger partial charge in [0.15, 0.2) is 11.5 Å². The van der Waals surface area contributed by atoms with E-state index < -0.39 is 0 Å². The van der Waals surface area contributed by atoms with Crippen molar-refractivity contribution < 1.29 is 9.47 Å². The van der Waals surface area contributed by atoms with Crippen molar-refractivity contribution in [3.63, 3.8) is 0 Å². The molecule has 0 radical (unpaired) electrons. The number of ether oxygens (including phenoxy) is 2. The van der Waals surface area contributed by atoms with Gasteiger partial charge in [0.05, 0.1) is 30.0 Å². The van der Waals surface area contributed by atoms with E-state index in [4.69, 9.17) is 14.6 Å². The van der Waals surface area contributed by atoms with Crippen molar-refractivity contribution in [2.24, 2.45) is 0 Å². The number of hydrogen-bond donors (Lipinski definition) is 0. The van der Waals surface area contributed by atoms with Gasteiger partial charge in [-0.25, -0.2) is 0 Å². The van der Waals surface area contributed by atoms with Gasteiger partial charge in [0.2, 0.25) is 0 Å². The molecular formula is C34H49N5O2S. The van der Waals surface area contributed by atoms with Gasteiger partial charge in [-0.2, -0.15) is 9.61 Å². The molecule has 4 aromatic rings. The standard InChI is InChI=1S/C34H49N5O2S/c1-8-11-13-14-15-16-22-41-25-17-19-29(40-7)27(23-25)32-35-36-33-28(31(34(4,5)6)37-39(32)33)24-26-18-20-30(42-26)38(10-3)21-12-9-2/h17-20,23-24H,8-16,21-22H2,1-7H3. The van der Waals surface area contributed by atoms with Crippen LogP contribution >= 0.6 is 11.3 Å². The third kappa shape index (κ3) is 7.63. The smallest absolute Gasteiger partial charge is 0.189 e. The van der Waals surface area contributed by atoms with Crippen LogP contribution in [0.1, 0.15) is 103 Å². The fraction of sp³-hybridized carbons (Fsp3) is 0.559. The number of aromatic nitrogens is 4. The molecule has 1 aromatic carbocycles. The first-order valence-electron chi connectivity index (χ1n) is 15.7. The van der Waals surface area contributed by atoms with Crippen LogP contribution in [0, 0.1) is 0 Å². The highest BCUT2D eigenvalue weighted by Crippen LogP contribution is 2.33. The summed E-state index contributed by atoms with van der Waals surface area (Å²) in [5.74, 6) is 2.18. The van der Waals surface area contributed by atoms with Crippen molar-refractivity contribution in [2.75, 3.05) is 31.7 Å². The molecule has 0 aliphatic carbocycles. The van der Waals surface area contributed by atoms with Gasteiger partial charge in [-0.05, 0) is 56.2 Å². The molecule has 8 heteroatoms. The molecule has 0 aliphatic heterocycles. The summed E-state index contributed by atoms with van der Waals surface area (Å²) in [7, 11) is 1.68. The van der Waals surface area contributed by atoms with Gasteiger partial charge in [-0.3, -0.25) is 0 Å². The third-order valence-electron chi connectivity index (χ3n) is 7.60. The molecule has 0 saturated heterocycles. The third-order valence-corrected chi connectivity index (χ3v) is 8.69. The highest BCUT2D eigenvalue weighted by molar-refractivity contribution is 7.16. The van der Waals surface area contributed by atoms with Crippen LogP contribution in [0.15, 0.2) is 30.3 Å². The van der Waals surface area contributed by atoms with Gasteiger partial charge in [0.1, 0.15) is 11.5 Å². The normalized spacial score (nSPS) is 12.4. The molecule has 0 N–H and O–H groups in total. The minimum Gasteiger partial charge on any atom is -0.496 e. The van der Waals surface area contributed by atoms with E-state index in [9.17, 15) is 0 Å². The van der Waals surface area contributed by atoms with Gasteiger partial charge in [0.25, 0.3) is 0 Å². The van der Waals surface area contributed by atoms with Crippen LogP contribution in [0.4, 0.5) is 5.00 Å². The van der Waals surface area contributed by atoms with E-state index in [1.165, 1.54) is 54.8 Å². The van der Waals surface area contributed by atoms with Crippen LogP contribution in [0.5, 0.6) is 11.5 Å². The summed E-state index contributed by atoms with van der Waals surface area (Å²) >= 11 is 1.82. The predicted molar refractivity (Wildman–Crippen MR) is 176 cm³/mol. The summed E-state index contributed by atoms with van der Waals surface area (Å²) in [6.07, 6.45) is 12.0. The summed E-state index contributed by atoms with van der Waals surface area (Å²) < 4.78 is 13.8. The number of methoxy groups -OCH3 is 1. The van der Waals surface area contributed by atoms with E-state index in [1.807, 2.05) is 34.1 Å². The van der Waals surface area contributed by atoms with Crippen LogP contribution < -0.4 is 19.6 Å². The lowest BCUT2D eigenvalue weighted by Crippen LogP contribution is -2.22. The van der Waals surface area contributed by atoms with E-state index in [0.717, 1.165) is 53.1 Å². The maximum atomic E-state index is 6.14. The predicted octanol–water partition coefficient (Wildman–Crippen LogP) is 8.07. The van der Waals surface area contributed by atoms with Crippen LogP contribution in [-0.4, -0.2) is 46.6 Å². The van der Waals surface area contributed by atoms with Gasteiger partial charge in [-0.15, -0.1) is 21.5 Å². The molecule has 7 nitrogen and oxygen atoms in total. The topological polar surface area (TPSA) is 64.8 Å². The summed E-state index contributed by atoms with van der Waals surface area (Å²) in [6.45, 7) is 16.1. The molecule has 4 rings (SSSR count). The zero-order valence-electron chi connectivity index (χ0n) is 26.7. The summed E-state index contributed by atoms with van der Waals surface area (Å²) in [4.78, 5) is 3.64. The second-order valence-corrected chi connectivity index (χ2v) is 13.1. The van der Waals surface area contributed by atoms with Crippen LogP contribution in [-0.2, 0) is 5.41 Å². The molecule has 3 heterocycles. The molecule has 0 spiro atoms. The first-order valence-corrected chi connectivity index (χ1v) is 16.6. The van der Waals surface area contributed by atoms with Crippen LogP contribution in [0.2, 0.25) is 0 Å². The highest BCUT2D eigenvalue weighted by Gasteiger charge is 2.25. The Morgan fingerprint density at radius 1 is 0.929 bits per heavy atom. The van der Waals surface area contributed by atoms with Gasteiger partial charge < -0.3 is 14.4 Å². The minimum absolute atomic E-state index is 0.174. The quantitative estimate of drug-likeness (QED) is 0.123. The van der Waals surface area contributed by atoms with Crippen LogP contribution in [0.3, 0.4) is 0 Å². The first-order chi connectivity index (χ1) is 20.3. The average Bonchev–Trinajstić information content (AvgIpc) is 3.69. The lowest BCUT2D eigenvalue weighted by Gasteiger charge is -2.20. The van der Waals surface area contributed by atoms with Crippen molar-refractivity contribution in [1.82, 2.24) is 19.8 Å². The summed E-state index contributed by atoms with van der Waals surface area (Å²) in [5.41, 5.74) is 2.40. The number of anilines is 1. The zero-order chi connectivity index (χ0) is 30.1. The van der Waals surface area contributed by atoms with Crippen LogP contribution in [0.25, 0.3) is 23.1 Å². The van der Waals surface area contributed by atoms with Crippen molar-refractivity contribution in [3.8, 4) is 22.9 Å². The molecular weight excluding hydrogens is 542 g/mol. The first kappa shape index (κ1) is 31.8. The molecule has 0 atom stereocenters. The fourth-order valence-electron chi connectivity index (χ4n) is 5.19. The van der Waals surface area contributed by atoms with Gasteiger partial charge in [0, 0.05) is 28.6 Å². The lowest BCUT2D eigenvalue weighted by atomic mass is 9.91. The Labute approximate surface area is 255 Å². The van der Waals surface area contributed by atoms with Crippen molar-refractivity contribution in [2.45, 2.75) is 98.3 Å². The Hall–Kier alpha value is -3.13. The molecule has 0 amide bonds. The number of benzene rings is 1. The number of rotatable bonds is 16. The Balaban J connectivity index is 1.67. The van der Waals surface area contributed by atoms with E-state index in [1.54, 1.807) is 7.11 Å². The largest absolute Gasteiger partial charge is 0.496 e. The van der Waals surface area contributed by atoms with E-state index in [-0.39, 0.29) is 5.41 Å². The zero-order valence-corrected chi connectivity index (χ0v) is 27.5. The second-order valence-electron chi connectivity index (χ2n) is 12.0. The molecule has 0 unspecified atom stereocenters. The molecule has 0 aliphatic rings. The molecule has 42 heavy (non-hydrogen) atoms. The Kier molecular flexibility index (Phi) is 11.2. The maximum absolute atomic E-state index is 6.14. The van der Waals surface area contributed by atoms with Crippen molar-refractivity contribution >= 4 is 28.1 Å². The van der Waals surface area contributed by atoms with Gasteiger partial charge in [-0.1, -0.05) is 73.1 Å². The average molecular weight is 592 g/mol. The van der Waals surface area contributed by atoms with Crippen molar-refractivity contribution in [3.05, 3.63) is 46.1 Å². The maximum Gasteiger partial charge on any atom is 0.189 e. The Bertz CT molecular complexity index is 1470. The highest BCUT2D eigenvalue weighted by atomic mass is 32.1. The number of unbranched alkanes of at least 4 members (excludes halogenated alkanes) is 6. The molecule has 3 aromatic heterocycles. The molecule has 0 bridgehead atoms. The summed E-state index contributed by atoms with van der Waals surface area (Å²) in [6, 6.07) is 10.3. The number of fused-ring (bicyclic) bond motifs is 1. The lowest BCUT2D eigenvalue weighted by molar-refractivity contribution is 0.304. The summed E-state index contributed by atoms with van der Waals surface area (Å²) in [5, 5.41) is 16.7. The minimum atomic E-state index is -0.174. The second kappa shape index (κ2) is 14.9. The monoisotopic (exact) mass is 591 g/mol. The number of nitrogens with zero attached hydrogens (tertiary/aromatic N) is 5. The molecule has 0 saturated carbocycles.